The van der Waals surface area contributed by atoms with Gasteiger partial charge in [0.1, 0.15) is 5.82 Å². The van der Waals surface area contributed by atoms with Crippen LogP contribution in [-0.2, 0) is 6.54 Å². The minimum atomic E-state index is 0.215. The molecule has 0 amide bonds. The second-order valence-electron chi connectivity index (χ2n) is 6.77. The van der Waals surface area contributed by atoms with Gasteiger partial charge in [-0.1, -0.05) is 34.6 Å². The fourth-order valence-electron chi connectivity index (χ4n) is 1.97. The lowest BCUT2D eigenvalue weighted by Gasteiger charge is -2.36. The van der Waals surface area contributed by atoms with E-state index in [0.717, 1.165) is 17.1 Å². The molecule has 1 unspecified atom stereocenters. The van der Waals surface area contributed by atoms with Crippen molar-refractivity contribution in [2.24, 2.45) is 11.1 Å². The Balaban J connectivity index is 3.15. The molecule has 2 N–H and O–H groups in total. The highest BCUT2D eigenvalue weighted by Gasteiger charge is 2.25. The Hall–Kier alpha value is -1.09. The van der Waals surface area contributed by atoms with Crippen molar-refractivity contribution in [3.63, 3.8) is 0 Å². The van der Waals surface area contributed by atoms with Gasteiger partial charge in [-0.15, -0.1) is 0 Å². The summed E-state index contributed by atoms with van der Waals surface area (Å²) in [4.78, 5) is 7.04. The number of hydrogen-bond acceptors (Lipinski definition) is 3. The van der Waals surface area contributed by atoms with Gasteiger partial charge >= 0.3 is 0 Å². The molecule has 1 aromatic heterocycles. The number of anilines is 1. The second kappa shape index (κ2) is 5.91. The topological polar surface area (TPSA) is 42.1 Å². The zero-order valence-electron chi connectivity index (χ0n) is 13.5. The van der Waals surface area contributed by atoms with Gasteiger partial charge in [0.2, 0.25) is 0 Å². The molecule has 108 valence electrons. The van der Waals surface area contributed by atoms with Gasteiger partial charge in [0.25, 0.3) is 0 Å². The molecule has 0 bridgehead atoms. The lowest BCUT2D eigenvalue weighted by Crippen LogP contribution is -2.40. The third-order valence-corrected chi connectivity index (χ3v) is 3.91. The lowest BCUT2D eigenvalue weighted by atomic mass is 9.87. The van der Waals surface area contributed by atoms with Crippen molar-refractivity contribution in [1.29, 1.82) is 0 Å². The Labute approximate surface area is 118 Å². The summed E-state index contributed by atoms with van der Waals surface area (Å²) in [5.74, 6) is 1.44. The highest BCUT2D eigenvalue weighted by molar-refractivity contribution is 5.44. The van der Waals surface area contributed by atoms with Crippen molar-refractivity contribution in [1.82, 2.24) is 4.98 Å². The molecule has 1 heterocycles. The van der Waals surface area contributed by atoms with Crippen molar-refractivity contribution >= 4 is 5.82 Å². The van der Waals surface area contributed by atoms with Crippen LogP contribution in [0, 0.1) is 5.41 Å². The van der Waals surface area contributed by atoms with E-state index in [1.54, 1.807) is 0 Å². The van der Waals surface area contributed by atoms with E-state index in [9.17, 15) is 0 Å². The molecule has 0 spiro atoms. The largest absolute Gasteiger partial charge is 0.356 e. The molecule has 19 heavy (non-hydrogen) atoms. The molecule has 0 radical (unpaired) electrons. The van der Waals surface area contributed by atoms with Crippen molar-refractivity contribution in [3.8, 4) is 0 Å². The van der Waals surface area contributed by atoms with E-state index in [2.05, 4.69) is 65.6 Å². The summed E-state index contributed by atoms with van der Waals surface area (Å²) in [5.41, 5.74) is 8.29. The maximum Gasteiger partial charge on any atom is 0.129 e. The SMILES string of the molecule is CC(C)c1cc(CN)cc(N(C)C(C)C(C)(C)C)n1. The Bertz CT molecular complexity index is 418. The number of rotatable bonds is 4. The van der Waals surface area contributed by atoms with E-state index < -0.39 is 0 Å². The smallest absolute Gasteiger partial charge is 0.129 e. The predicted molar refractivity (Wildman–Crippen MR) is 83.5 cm³/mol. The zero-order chi connectivity index (χ0) is 14.8. The Kier molecular flexibility index (Phi) is 4.97. The number of nitrogens with two attached hydrogens (primary N) is 1. The van der Waals surface area contributed by atoms with Gasteiger partial charge in [0.15, 0.2) is 0 Å². The third-order valence-electron chi connectivity index (χ3n) is 3.91. The molecule has 0 saturated heterocycles. The second-order valence-corrected chi connectivity index (χ2v) is 6.77. The predicted octanol–water partition coefficient (Wildman–Crippen LogP) is 3.53. The van der Waals surface area contributed by atoms with Crippen molar-refractivity contribution in [2.75, 3.05) is 11.9 Å². The van der Waals surface area contributed by atoms with Crippen LogP contribution < -0.4 is 10.6 Å². The van der Waals surface area contributed by atoms with Crippen LogP contribution in [0.25, 0.3) is 0 Å². The van der Waals surface area contributed by atoms with Gasteiger partial charge in [0, 0.05) is 25.3 Å². The maximum absolute atomic E-state index is 5.80. The fourth-order valence-corrected chi connectivity index (χ4v) is 1.97. The molecule has 0 aliphatic heterocycles. The van der Waals surface area contributed by atoms with Crippen molar-refractivity contribution in [3.05, 3.63) is 23.4 Å². The molecular formula is C16H29N3. The molecule has 0 fully saturated rings. The van der Waals surface area contributed by atoms with Crippen LogP contribution in [0.2, 0.25) is 0 Å². The summed E-state index contributed by atoms with van der Waals surface area (Å²) in [6, 6.07) is 4.63. The molecule has 1 rings (SSSR count). The van der Waals surface area contributed by atoms with Crippen molar-refractivity contribution < 1.29 is 0 Å². The van der Waals surface area contributed by atoms with Gasteiger partial charge in [-0.25, -0.2) is 4.98 Å². The number of pyridine rings is 1. The van der Waals surface area contributed by atoms with E-state index in [-0.39, 0.29) is 5.41 Å². The Morgan fingerprint density at radius 2 is 1.79 bits per heavy atom. The van der Waals surface area contributed by atoms with Gasteiger partial charge in [-0.3, -0.25) is 0 Å². The molecule has 0 aliphatic rings. The van der Waals surface area contributed by atoms with Gasteiger partial charge in [-0.2, -0.15) is 0 Å². The Morgan fingerprint density at radius 1 is 1.21 bits per heavy atom. The maximum atomic E-state index is 5.80. The average Bonchev–Trinajstić information content (AvgIpc) is 2.35. The normalized spacial score (nSPS) is 13.7. The van der Waals surface area contributed by atoms with E-state index in [1.807, 2.05) is 0 Å². The monoisotopic (exact) mass is 263 g/mol. The van der Waals surface area contributed by atoms with E-state index >= 15 is 0 Å². The first-order valence-corrected chi connectivity index (χ1v) is 7.10. The molecule has 0 saturated carbocycles. The first kappa shape index (κ1) is 16.0. The van der Waals surface area contributed by atoms with E-state index in [1.165, 1.54) is 0 Å². The lowest BCUT2D eigenvalue weighted by molar-refractivity contribution is 0.328. The number of nitrogens with zero attached hydrogens (tertiary/aromatic N) is 2. The van der Waals surface area contributed by atoms with E-state index in [4.69, 9.17) is 10.7 Å². The summed E-state index contributed by atoms with van der Waals surface area (Å²) < 4.78 is 0. The molecule has 1 aromatic rings. The molecule has 3 nitrogen and oxygen atoms in total. The zero-order valence-corrected chi connectivity index (χ0v) is 13.5. The third kappa shape index (κ3) is 3.93. The van der Waals surface area contributed by atoms with Gasteiger partial charge in [-0.05, 0) is 36.0 Å². The van der Waals surface area contributed by atoms with Gasteiger partial charge in [0.05, 0.1) is 0 Å². The molecule has 0 aromatic carbocycles. The van der Waals surface area contributed by atoms with Crippen LogP contribution in [0.1, 0.15) is 58.7 Å². The van der Waals surface area contributed by atoms with Crippen LogP contribution in [0.5, 0.6) is 0 Å². The highest BCUT2D eigenvalue weighted by atomic mass is 15.2. The Morgan fingerprint density at radius 3 is 2.21 bits per heavy atom. The molecule has 1 atom stereocenters. The quantitative estimate of drug-likeness (QED) is 0.903. The summed E-state index contributed by atoms with van der Waals surface area (Å²) in [6.45, 7) is 13.9. The summed E-state index contributed by atoms with van der Waals surface area (Å²) in [5, 5.41) is 0. The standard InChI is InChI=1S/C16H29N3/c1-11(2)14-8-13(10-17)9-15(18-14)19(7)12(3)16(4,5)6/h8-9,11-12H,10,17H2,1-7H3. The van der Waals surface area contributed by atoms with Crippen LogP contribution in [0.4, 0.5) is 5.82 Å². The molecular weight excluding hydrogens is 234 g/mol. The average molecular weight is 263 g/mol. The number of hydrogen-bond donors (Lipinski definition) is 1. The van der Waals surface area contributed by atoms with E-state index in [0.29, 0.717) is 18.5 Å². The first-order chi connectivity index (χ1) is 8.66. The number of aromatic nitrogens is 1. The molecule has 0 aliphatic carbocycles. The first-order valence-electron chi connectivity index (χ1n) is 7.10. The van der Waals surface area contributed by atoms with Crippen molar-refractivity contribution in [2.45, 2.75) is 60.0 Å². The fraction of sp³-hybridized carbons (Fsp3) is 0.688. The van der Waals surface area contributed by atoms with Crippen LogP contribution in [-0.4, -0.2) is 18.1 Å². The van der Waals surface area contributed by atoms with Gasteiger partial charge < -0.3 is 10.6 Å². The summed E-state index contributed by atoms with van der Waals surface area (Å²) in [6.07, 6.45) is 0. The van der Waals surface area contributed by atoms with Crippen LogP contribution in [0.15, 0.2) is 12.1 Å². The summed E-state index contributed by atoms with van der Waals surface area (Å²) >= 11 is 0. The minimum absolute atomic E-state index is 0.215. The minimum Gasteiger partial charge on any atom is -0.356 e. The van der Waals surface area contributed by atoms with Crippen LogP contribution in [0.3, 0.4) is 0 Å². The van der Waals surface area contributed by atoms with Crippen LogP contribution >= 0.6 is 0 Å². The summed E-state index contributed by atoms with van der Waals surface area (Å²) in [7, 11) is 2.11. The highest BCUT2D eigenvalue weighted by Crippen LogP contribution is 2.28. The molecule has 3 heteroatoms.